The number of benzene rings is 2. The van der Waals surface area contributed by atoms with E-state index in [1.165, 1.54) is 0 Å². The number of carbonyl (C=O) groups is 1. The number of carbonyl (C=O) groups excluding carboxylic acids is 1. The minimum absolute atomic E-state index is 0.144. The SMILES string of the molecule is Cc1[nH]nc2c1c(=O)n(CCCNC(=O)c1ccc(C(F)(F)F)cc1)c1ccccc21. The molecule has 9 heteroatoms. The van der Waals surface area contributed by atoms with Gasteiger partial charge in [-0.15, -0.1) is 0 Å². The lowest BCUT2D eigenvalue weighted by Crippen LogP contribution is -2.27. The van der Waals surface area contributed by atoms with E-state index in [0.29, 0.717) is 29.6 Å². The Hall–Kier alpha value is -3.62. The fourth-order valence-corrected chi connectivity index (χ4v) is 3.61. The second kappa shape index (κ2) is 7.90. The number of hydrogen-bond donors (Lipinski definition) is 2. The number of fused-ring (bicyclic) bond motifs is 3. The number of hydrogen-bond acceptors (Lipinski definition) is 3. The maximum atomic E-state index is 13.0. The molecule has 160 valence electrons. The van der Waals surface area contributed by atoms with Gasteiger partial charge in [-0.05, 0) is 43.7 Å². The van der Waals surface area contributed by atoms with Gasteiger partial charge in [0.2, 0.25) is 0 Å². The van der Waals surface area contributed by atoms with Gasteiger partial charge in [-0.1, -0.05) is 18.2 Å². The third-order valence-electron chi connectivity index (χ3n) is 5.17. The van der Waals surface area contributed by atoms with Crippen LogP contribution in [0.15, 0.2) is 53.3 Å². The van der Waals surface area contributed by atoms with E-state index in [0.717, 1.165) is 35.2 Å². The smallest absolute Gasteiger partial charge is 0.352 e. The Morgan fingerprint density at radius 3 is 2.55 bits per heavy atom. The van der Waals surface area contributed by atoms with Gasteiger partial charge in [0.25, 0.3) is 11.5 Å². The van der Waals surface area contributed by atoms with E-state index in [4.69, 9.17) is 0 Å². The maximum Gasteiger partial charge on any atom is 0.416 e. The Bertz CT molecular complexity index is 1320. The number of rotatable bonds is 5. The molecule has 0 fully saturated rings. The summed E-state index contributed by atoms with van der Waals surface area (Å²) in [6, 6.07) is 11.5. The standard InChI is InChI=1S/C22H19F3N4O2/c1-13-18-19(28-27-13)16-5-2-3-6-17(16)29(21(18)31)12-4-11-26-20(30)14-7-9-15(10-8-14)22(23,24)25/h2-3,5-10H,4,11-12H2,1H3,(H,26,30)(H,27,28). The molecule has 2 aromatic carbocycles. The highest BCUT2D eigenvalue weighted by molar-refractivity contribution is 6.03. The van der Waals surface area contributed by atoms with E-state index in [1.54, 1.807) is 11.5 Å². The minimum atomic E-state index is -4.44. The summed E-state index contributed by atoms with van der Waals surface area (Å²) in [6.07, 6.45) is -3.97. The summed E-state index contributed by atoms with van der Waals surface area (Å²) in [5, 5.41) is 11.2. The van der Waals surface area contributed by atoms with Crippen LogP contribution in [0.2, 0.25) is 0 Å². The number of halogens is 3. The topological polar surface area (TPSA) is 79.8 Å². The summed E-state index contributed by atoms with van der Waals surface area (Å²) in [5.74, 6) is -0.466. The number of alkyl halides is 3. The highest BCUT2D eigenvalue weighted by Gasteiger charge is 2.30. The Balaban J connectivity index is 1.47. The number of pyridine rings is 1. The molecular formula is C22H19F3N4O2. The first kappa shape index (κ1) is 20.6. The Kier molecular flexibility index (Phi) is 5.26. The van der Waals surface area contributed by atoms with Crippen LogP contribution in [0.1, 0.15) is 28.0 Å². The summed E-state index contributed by atoms with van der Waals surface area (Å²) in [5.41, 5.74) is 1.25. The van der Waals surface area contributed by atoms with Crippen LogP contribution in [-0.2, 0) is 12.7 Å². The van der Waals surface area contributed by atoms with Crippen LogP contribution in [0.3, 0.4) is 0 Å². The number of para-hydroxylation sites is 1. The second-order valence-corrected chi connectivity index (χ2v) is 7.23. The lowest BCUT2D eigenvalue weighted by Gasteiger charge is -2.12. The number of aromatic nitrogens is 3. The molecule has 1 amide bonds. The number of H-pyrrole nitrogens is 1. The molecule has 0 atom stereocenters. The van der Waals surface area contributed by atoms with E-state index in [9.17, 15) is 22.8 Å². The monoisotopic (exact) mass is 428 g/mol. The first-order chi connectivity index (χ1) is 14.8. The fraction of sp³-hybridized carbons (Fsp3) is 0.227. The predicted octanol–water partition coefficient (Wildman–Crippen LogP) is 4.03. The van der Waals surface area contributed by atoms with Crippen molar-refractivity contribution in [3.05, 3.63) is 75.7 Å². The van der Waals surface area contributed by atoms with Crippen molar-refractivity contribution in [2.24, 2.45) is 0 Å². The van der Waals surface area contributed by atoms with Crippen molar-refractivity contribution in [2.45, 2.75) is 26.1 Å². The average molecular weight is 428 g/mol. The molecule has 0 unspecified atom stereocenters. The molecule has 2 aromatic heterocycles. The van der Waals surface area contributed by atoms with E-state index in [-0.39, 0.29) is 17.7 Å². The fourth-order valence-electron chi connectivity index (χ4n) is 3.61. The van der Waals surface area contributed by atoms with E-state index in [1.807, 2.05) is 24.3 Å². The maximum absolute atomic E-state index is 13.0. The molecule has 4 aromatic rings. The van der Waals surface area contributed by atoms with Crippen molar-refractivity contribution in [3.63, 3.8) is 0 Å². The van der Waals surface area contributed by atoms with Crippen LogP contribution in [-0.4, -0.2) is 27.2 Å². The van der Waals surface area contributed by atoms with Crippen molar-refractivity contribution in [1.82, 2.24) is 20.1 Å². The van der Waals surface area contributed by atoms with Crippen LogP contribution in [0.4, 0.5) is 13.2 Å². The summed E-state index contributed by atoms with van der Waals surface area (Å²) in [4.78, 5) is 25.2. The number of aryl methyl sites for hydroxylation is 2. The lowest BCUT2D eigenvalue weighted by molar-refractivity contribution is -0.137. The molecule has 0 saturated heterocycles. The van der Waals surface area contributed by atoms with E-state index in [2.05, 4.69) is 15.5 Å². The Morgan fingerprint density at radius 1 is 1.13 bits per heavy atom. The zero-order valence-electron chi connectivity index (χ0n) is 16.6. The molecule has 2 N–H and O–H groups in total. The summed E-state index contributed by atoms with van der Waals surface area (Å²) in [6.45, 7) is 2.43. The third-order valence-corrected chi connectivity index (χ3v) is 5.17. The molecule has 4 rings (SSSR count). The molecule has 0 saturated carbocycles. The highest BCUT2D eigenvalue weighted by atomic mass is 19.4. The molecule has 0 bridgehead atoms. The van der Waals surface area contributed by atoms with Crippen LogP contribution >= 0.6 is 0 Å². The Morgan fingerprint density at radius 2 is 1.84 bits per heavy atom. The quantitative estimate of drug-likeness (QED) is 0.471. The number of aromatic amines is 1. The van der Waals surface area contributed by atoms with Crippen LogP contribution in [0, 0.1) is 6.92 Å². The van der Waals surface area contributed by atoms with Crippen LogP contribution in [0.5, 0.6) is 0 Å². The van der Waals surface area contributed by atoms with E-state index < -0.39 is 17.6 Å². The molecule has 0 spiro atoms. The van der Waals surface area contributed by atoms with Gasteiger partial charge >= 0.3 is 6.18 Å². The van der Waals surface area contributed by atoms with Crippen molar-refractivity contribution < 1.29 is 18.0 Å². The van der Waals surface area contributed by atoms with Gasteiger partial charge in [0.05, 0.1) is 16.5 Å². The summed E-state index contributed by atoms with van der Waals surface area (Å²) < 4.78 is 39.6. The lowest BCUT2D eigenvalue weighted by atomic mass is 10.1. The zero-order chi connectivity index (χ0) is 22.2. The minimum Gasteiger partial charge on any atom is -0.352 e. The van der Waals surface area contributed by atoms with Crippen LogP contribution in [0.25, 0.3) is 21.8 Å². The van der Waals surface area contributed by atoms with Gasteiger partial charge < -0.3 is 9.88 Å². The molecule has 0 aliphatic heterocycles. The normalized spacial score (nSPS) is 11.9. The van der Waals surface area contributed by atoms with Gasteiger partial charge in [-0.25, -0.2) is 0 Å². The molecule has 31 heavy (non-hydrogen) atoms. The first-order valence-corrected chi connectivity index (χ1v) is 9.69. The number of amides is 1. The largest absolute Gasteiger partial charge is 0.416 e. The van der Waals surface area contributed by atoms with Gasteiger partial charge in [-0.2, -0.15) is 18.3 Å². The van der Waals surface area contributed by atoms with E-state index >= 15 is 0 Å². The van der Waals surface area contributed by atoms with Crippen molar-refractivity contribution in [3.8, 4) is 0 Å². The van der Waals surface area contributed by atoms with Crippen molar-refractivity contribution >= 4 is 27.7 Å². The summed E-state index contributed by atoms with van der Waals surface area (Å²) in [7, 11) is 0. The Labute approximate surface area is 174 Å². The van der Waals surface area contributed by atoms with Crippen molar-refractivity contribution in [2.75, 3.05) is 6.54 Å². The zero-order valence-corrected chi connectivity index (χ0v) is 16.6. The van der Waals surface area contributed by atoms with Gasteiger partial charge in [0, 0.05) is 29.7 Å². The van der Waals surface area contributed by atoms with Crippen LogP contribution < -0.4 is 10.9 Å². The third kappa shape index (κ3) is 3.90. The molecule has 0 radical (unpaired) electrons. The van der Waals surface area contributed by atoms with Crippen molar-refractivity contribution in [1.29, 1.82) is 0 Å². The highest BCUT2D eigenvalue weighted by Crippen LogP contribution is 2.29. The first-order valence-electron chi connectivity index (χ1n) is 9.69. The molecule has 6 nitrogen and oxygen atoms in total. The molecular weight excluding hydrogens is 409 g/mol. The van der Waals surface area contributed by atoms with Gasteiger partial charge in [0.1, 0.15) is 5.52 Å². The number of nitrogens with zero attached hydrogens (tertiary/aromatic N) is 2. The number of nitrogens with one attached hydrogen (secondary N) is 2. The molecule has 2 heterocycles. The van der Waals surface area contributed by atoms with Gasteiger partial charge in [-0.3, -0.25) is 14.7 Å². The summed E-state index contributed by atoms with van der Waals surface area (Å²) >= 11 is 0. The molecule has 0 aliphatic carbocycles. The van der Waals surface area contributed by atoms with Gasteiger partial charge in [0.15, 0.2) is 0 Å². The predicted molar refractivity (Wildman–Crippen MR) is 111 cm³/mol. The molecule has 0 aliphatic rings. The average Bonchev–Trinajstić information content (AvgIpc) is 3.14. The second-order valence-electron chi connectivity index (χ2n) is 7.23.